The molecule has 2 heterocycles. The Labute approximate surface area is 214 Å². The third kappa shape index (κ3) is 11.8. The van der Waals surface area contributed by atoms with Crippen LogP contribution in [0.25, 0.3) is 0 Å². The van der Waals surface area contributed by atoms with Gasteiger partial charge in [-0.3, -0.25) is 14.6 Å². The van der Waals surface area contributed by atoms with E-state index in [2.05, 4.69) is 13.8 Å². The van der Waals surface area contributed by atoms with Gasteiger partial charge < -0.3 is 20.1 Å². The molecule has 9 heteroatoms. The van der Waals surface area contributed by atoms with E-state index in [1.165, 1.54) is 0 Å². The van der Waals surface area contributed by atoms with E-state index in [0.717, 1.165) is 38.8 Å². The van der Waals surface area contributed by atoms with Crippen LogP contribution in [-0.4, -0.2) is 88.8 Å². The number of piperidine rings is 2. The number of carboxylic acid groups (broad SMARTS) is 1. The van der Waals surface area contributed by atoms with Crippen molar-refractivity contribution in [3.05, 3.63) is 0 Å². The summed E-state index contributed by atoms with van der Waals surface area (Å²) in [4.78, 5) is 24.8. The van der Waals surface area contributed by atoms with E-state index in [0.29, 0.717) is 11.8 Å². The fourth-order valence-corrected chi connectivity index (χ4v) is 3.65. The van der Waals surface area contributed by atoms with Crippen LogP contribution < -0.4 is 0 Å². The molecule has 2 saturated heterocycles. The van der Waals surface area contributed by atoms with Crippen molar-refractivity contribution in [1.29, 1.82) is 0 Å². The zero-order chi connectivity index (χ0) is 19.7. The van der Waals surface area contributed by atoms with Crippen LogP contribution >= 0.6 is 0 Å². The molecule has 152 valence electrons. The SMILES string of the molecule is CC1CCN(CC(=O)O)C(CO)C1.[2H]C(=O)CN1CCC(C)CC1CO.[Y].[Y]. The molecule has 0 saturated carbocycles. The minimum atomic E-state index is -0.812. The van der Waals surface area contributed by atoms with Gasteiger partial charge in [0.25, 0.3) is 0 Å². The fourth-order valence-electron chi connectivity index (χ4n) is 3.65. The third-order valence-electron chi connectivity index (χ3n) is 5.23. The molecule has 27 heavy (non-hydrogen) atoms. The van der Waals surface area contributed by atoms with Crippen molar-refractivity contribution in [2.24, 2.45) is 11.8 Å². The van der Waals surface area contributed by atoms with Gasteiger partial charge in [-0.25, -0.2) is 0 Å². The average Bonchev–Trinajstić information content (AvgIpc) is 2.57. The van der Waals surface area contributed by atoms with Crippen LogP contribution in [0.4, 0.5) is 0 Å². The summed E-state index contributed by atoms with van der Waals surface area (Å²) in [6.45, 7) is 6.30. The average molecular weight is 537 g/mol. The monoisotopic (exact) mass is 537 g/mol. The van der Waals surface area contributed by atoms with E-state index in [-0.39, 0.29) is 104 Å². The predicted molar refractivity (Wildman–Crippen MR) is 95.4 cm³/mol. The Kier molecular flexibility index (Phi) is 17.7. The van der Waals surface area contributed by atoms with Gasteiger partial charge >= 0.3 is 5.97 Å². The van der Waals surface area contributed by atoms with Crippen LogP contribution in [0, 0.1) is 11.8 Å². The van der Waals surface area contributed by atoms with Gasteiger partial charge in [-0.2, -0.15) is 0 Å². The Morgan fingerprint density at radius 3 is 1.89 bits per heavy atom. The van der Waals surface area contributed by atoms with Crippen LogP contribution in [0.15, 0.2) is 0 Å². The molecule has 2 rings (SSSR count). The Bertz CT molecular complexity index is 422. The molecule has 0 bridgehead atoms. The molecule has 0 aromatic carbocycles. The Hall–Kier alpha value is 1.19. The number of rotatable bonds is 6. The van der Waals surface area contributed by atoms with E-state index in [1.807, 2.05) is 9.80 Å². The van der Waals surface area contributed by atoms with Crippen LogP contribution in [0.1, 0.15) is 40.9 Å². The van der Waals surface area contributed by atoms with Crippen molar-refractivity contribution < 1.29 is 91.7 Å². The van der Waals surface area contributed by atoms with Crippen molar-refractivity contribution in [1.82, 2.24) is 9.80 Å². The van der Waals surface area contributed by atoms with Gasteiger partial charge in [0.05, 0.1) is 26.3 Å². The zero-order valence-electron chi connectivity index (χ0n) is 17.6. The van der Waals surface area contributed by atoms with Crippen LogP contribution in [0.3, 0.4) is 0 Å². The number of aliphatic carboxylic acids is 1. The maximum Gasteiger partial charge on any atom is 0.317 e. The van der Waals surface area contributed by atoms with E-state index >= 15 is 0 Å². The van der Waals surface area contributed by atoms with Crippen molar-refractivity contribution in [3.8, 4) is 0 Å². The van der Waals surface area contributed by atoms with Gasteiger partial charge in [-0.1, -0.05) is 13.8 Å². The number of carbonyl (C=O) groups is 2. The first-order valence-corrected chi connectivity index (χ1v) is 9.17. The van der Waals surface area contributed by atoms with Gasteiger partial charge in [0.1, 0.15) is 7.63 Å². The summed E-state index contributed by atoms with van der Waals surface area (Å²) in [5.41, 5.74) is 0. The Morgan fingerprint density at radius 1 is 1.04 bits per heavy atom. The zero-order valence-corrected chi connectivity index (χ0v) is 22.3. The van der Waals surface area contributed by atoms with E-state index in [9.17, 15) is 9.59 Å². The smallest absolute Gasteiger partial charge is 0.317 e. The van der Waals surface area contributed by atoms with Crippen LogP contribution in [-0.2, 0) is 75.0 Å². The molecule has 3 N–H and O–H groups in total. The molecule has 0 aliphatic carbocycles. The molecule has 2 aliphatic rings. The molecule has 0 amide bonds. The second-order valence-corrected chi connectivity index (χ2v) is 7.41. The molecule has 0 aromatic heterocycles. The van der Waals surface area contributed by atoms with Crippen molar-refractivity contribution >= 4 is 12.2 Å². The molecular formula is C18H34N2O5Y2. The van der Waals surface area contributed by atoms with Crippen molar-refractivity contribution in [2.75, 3.05) is 39.4 Å². The largest absolute Gasteiger partial charge is 0.480 e. The molecule has 2 aliphatic heterocycles. The molecule has 2 fully saturated rings. The summed E-state index contributed by atoms with van der Waals surface area (Å²) in [6, 6.07) is 0.123. The topological polar surface area (TPSA) is 101 Å². The molecule has 4 atom stereocenters. The number of carbonyl (C=O) groups excluding carboxylic acids is 1. The Balaban J connectivity index is 0. The number of hydrogen-bond donors (Lipinski definition) is 3. The van der Waals surface area contributed by atoms with Gasteiger partial charge in [0, 0.05) is 77.5 Å². The second-order valence-electron chi connectivity index (χ2n) is 7.41. The first-order chi connectivity index (χ1) is 12.3. The first-order valence-electron chi connectivity index (χ1n) is 9.67. The quantitative estimate of drug-likeness (QED) is 0.423. The molecule has 2 radical (unpaired) electrons. The number of aldehydes is 1. The molecule has 4 unspecified atom stereocenters. The van der Waals surface area contributed by atoms with E-state index < -0.39 is 12.2 Å². The number of likely N-dealkylation sites (tertiary alicyclic amines) is 2. The van der Waals surface area contributed by atoms with Crippen molar-refractivity contribution in [2.45, 2.75) is 51.6 Å². The minimum Gasteiger partial charge on any atom is -0.480 e. The standard InChI is InChI=1S/C9H17NO3.C9H17NO2.2Y/c1-7-2-3-10(5-9(12)13)8(4-7)6-11;1-8-2-3-10(4-5-11)9(6-8)7-12;;/h7-8,11H,2-6H2,1H3,(H,12,13);5,8-9,12H,2-4,6-7H2,1H3;;/i;5D;;. The number of carboxylic acids is 1. The minimum absolute atomic E-state index is 0. The number of aliphatic hydroxyl groups excluding tert-OH is 2. The number of hydrogen-bond acceptors (Lipinski definition) is 6. The van der Waals surface area contributed by atoms with E-state index in [1.54, 1.807) is 0 Å². The molecule has 0 spiro atoms. The summed E-state index contributed by atoms with van der Waals surface area (Å²) in [6.07, 6.45) is 3.37. The van der Waals surface area contributed by atoms with Crippen LogP contribution in [0.5, 0.6) is 0 Å². The molecular weight excluding hydrogens is 502 g/mol. The van der Waals surface area contributed by atoms with Gasteiger partial charge in [-0.15, -0.1) is 0 Å². The summed E-state index contributed by atoms with van der Waals surface area (Å²) in [5.74, 6) is 0.407. The number of nitrogens with zero attached hydrogens (tertiary/aromatic N) is 2. The first kappa shape index (κ1) is 28.2. The fraction of sp³-hybridized carbons (Fsp3) is 0.889. The summed E-state index contributed by atoms with van der Waals surface area (Å²) in [7, 11) is 0. The van der Waals surface area contributed by atoms with Gasteiger partial charge in [0.2, 0.25) is 0 Å². The summed E-state index contributed by atoms with van der Waals surface area (Å²) >= 11 is 0. The summed E-state index contributed by atoms with van der Waals surface area (Å²) < 4.78 is 6.87. The van der Waals surface area contributed by atoms with Gasteiger partial charge in [-0.05, 0) is 50.6 Å². The normalized spacial score (nSPS) is 29.3. The maximum atomic E-state index is 10.6. The summed E-state index contributed by atoms with van der Waals surface area (Å²) in [5, 5.41) is 26.8. The van der Waals surface area contributed by atoms with Gasteiger partial charge in [0.15, 0.2) is 0 Å². The number of aliphatic hydroxyl groups is 2. The third-order valence-corrected chi connectivity index (χ3v) is 5.23. The molecule has 7 nitrogen and oxygen atoms in total. The second kappa shape index (κ2) is 16.9. The maximum absolute atomic E-state index is 10.6. The van der Waals surface area contributed by atoms with E-state index in [4.69, 9.17) is 16.7 Å². The predicted octanol–water partition coefficient (Wildman–Crippen LogP) is 0.437. The molecule has 0 aromatic rings. The van der Waals surface area contributed by atoms with Crippen LogP contribution in [0.2, 0.25) is 0 Å². The van der Waals surface area contributed by atoms with Crippen molar-refractivity contribution in [3.63, 3.8) is 0 Å². The Morgan fingerprint density at radius 2 is 1.48 bits per heavy atom.